The van der Waals surface area contributed by atoms with Crippen LogP contribution in [0.5, 0.6) is 0 Å². The van der Waals surface area contributed by atoms with Gasteiger partial charge in [-0.15, -0.1) is 0 Å². The van der Waals surface area contributed by atoms with Crippen molar-refractivity contribution in [3.05, 3.63) is 72.7 Å². The molecule has 1 saturated heterocycles. The number of aromatic nitrogens is 3. The molecular formula is C25H27N5O. The lowest BCUT2D eigenvalue weighted by molar-refractivity contribution is 0.122. The number of rotatable bonds is 5. The van der Waals surface area contributed by atoms with Crippen LogP contribution < -0.4 is 10.2 Å². The Balaban J connectivity index is 1.43. The lowest BCUT2D eigenvalue weighted by atomic mass is 10.0. The lowest BCUT2D eigenvalue weighted by Gasteiger charge is -2.28. The molecule has 3 heterocycles. The molecule has 0 unspecified atom stereocenters. The number of benzene rings is 2. The van der Waals surface area contributed by atoms with Crippen LogP contribution in [0, 0.1) is 0 Å². The standard InChI is InChI=1S/C25H27N5O/c1-18(2)19-3-5-20(6-4-19)23-17-30-12-11-26-25(30)24(28-23)27-21-7-9-22(10-8-21)29-13-15-31-16-14-29/h3-12,17-18H,13-16H2,1-2H3,(H,27,28). The highest BCUT2D eigenvalue weighted by Gasteiger charge is 2.13. The van der Waals surface area contributed by atoms with Gasteiger partial charge < -0.3 is 19.4 Å². The summed E-state index contributed by atoms with van der Waals surface area (Å²) in [6.07, 6.45) is 5.78. The van der Waals surface area contributed by atoms with Gasteiger partial charge in [0.15, 0.2) is 11.5 Å². The molecule has 0 spiro atoms. The van der Waals surface area contributed by atoms with E-state index in [2.05, 4.69) is 77.6 Å². The summed E-state index contributed by atoms with van der Waals surface area (Å²) >= 11 is 0. The van der Waals surface area contributed by atoms with Gasteiger partial charge in [0.2, 0.25) is 0 Å². The minimum Gasteiger partial charge on any atom is -0.378 e. The van der Waals surface area contributed by atoms with Crippen LogP contribution in [0.15, 0.2) is 67.1 Å². The number of ether oxygens (including phenoxy) is 1. The van der Waals surface area contributed by atoms with E-state index >= 15 is 0 Å². The molecular weight excluding hydrogens is 386 g/mol. The minimum atomic E-state index is 0.510. The Bertz CT molecular complexity index is 1160. The van der Waals surface area contributed by atoms with E-state index in [0.29, 0.717) is 5.92 Å². The van der Waals surface area contributed by atoms with Gasteiger partial charge in [0, 0.05) is 48.6 Å². The molecule has 31 heavy (non-hydrogen) atoms. The van der Waals surface area contributed by atoms with E-state index in [0.717, 1.165) is 54.7 Å². The summed E-state index contributed by atoms with van der Waals surface area (Å²) in [6, 6.07) is 17.1. The van der Waals surface area contributed by atoms with E-state index in [-0.39, 0.29) is 0 Å². The molecule has 0 aliphatic carbocycles. The number of hydrogen-bond acceptors (Lipinski definition) is 5. The quantitative estimate of drug-likeness (QED) is 0.493. The van der Waals surface area contributed by atoms with Crippen molar-refractivity contribution in [1.82, 2.24) is 14.4 Å². The lowest BCUT2D eigenvalue weighted by Crippen LogP contribution is -2.36. The largest absolute Gasteiger partial charge is 0.378 e. The van der Waals surface area contributed by atoms with Crippen LogP contribution in [0.3, 0.4) is 0 Å². The highest BCUT2D eigenvalue weighted by Crippen LogP contribution is 2.27. The van der Waals surface area contributed by atoms with Gasteiger partial charge in [-0.25, -0.2) is 9.97 Å². The second kappa shape index (κ2) is 8.40. The highest BCUT2D eigenvalue weighted by molar-refractivity contribution is 5.74. The Hall–Kier alpha value is -3.38. The van der Waals surface area contributed by atoms with E-state index in [1.54, 1.807) is 6.20 Å². The third-order valence-electron chi connectivity index (χ3n) is 5.75. The third-order valence-corrected chi connectivity index (χ3v) is 5.75. The van der Waals surface area contributed by atoms with E-state index in [1.165, 1.54) is 11.3 Å². The second-order valence-electron chi connectivity index (χ2n) is 8.18. The van der Waals surface area contributed by atoms with Crippen LogP contribution in [0.1, 0.15) is 25.3 Å². The molecule has 2 aromatic heterocycles. The number of nitrogens with one attached hydrogen (secondary N) is 1. The first kappa shape index (κ1) is 19.6. The topological polar surface area (TPSA) is 54.7 Å². The fraction of sp³-hybridized carbons (Fsp3) is 0.280. The van der Waals surface area contributed by atoms with Crippen molar-refractivity contribution in [2.45, 2.75) is 19.8 Å². The van der Waals surface area contributed by atoms with Crippen molar-refractivity contribution in [3.8, 4) is 11.3 Å². The molecule has 1 aliphatic heterocycles. The molecule has 158 valence electrons. The first-order valence-corrected chi connectivity index (χ1v) is 10.8. The average Bonchev–Trinajstić information content (AvgIpc) is 3.29. The van der Waals surface area contributed by atoms with E-state index < -0.39 is 0 Å². The van der Waals surface area contributed by atoms with E-state index in [9.17, 15) is 0 Å². The number of anilines is 3. The summed E-state index contributed by atoms with van der Waals surface area (Å²) in [5, 5.41) is 3.47. The first-order chi connectivity index (χ1) is 15.2. The van der Waals surface area contributed by atoms with Gasteiger partial charge in [0.25, 0.3) is 0 Å². The Kier molecular flexibility index (Phi) is 5.30. The van der Waals surface area contributed by atoms with E-state index in [4.69, 9.17) is 9.72 Å². The van der Waals surface area contributed by atoms with Crippen molar-refractivity contribution in [2.75, 3.05) is 36.5 Å². The van der Waals surface area contributed by atoms with Crippen LogP contribution >= 0.6 is 0 Å². The number of nitrogens with zero attached hydrogens (tertiary/aromatic N) is 4. The molecule has 0 amide bonds. The maximum absolute atomic E-state index is 5.45. The van der Waals surface area contributed by atoms with Gasteiger partial charge in [-0.1, -0.05) is 38.1 Å². The maximum Gasteiger partial charge on any atom is 0.180 e. The molecule has 0 atom stereocenters. The molecule has 6 heteroatoms. The second-order valence-corrected chi connectivity index (χ2v) is 8.18. The molecule has 2 aromatic carbocycles. The number of hydrogen-bond donors (Lipinski definition) is 1. The third kappa shape index (κ3) is 4.11. The SMILES string of the molecule is CC(C)c1ccc(-c2cn3ccnc3c(Nc3ccc(N4CCOCC4)cc3)n2)cc1. The van der Waals surface area contributed by atoms with Crippen LogP contribution in [0.4, 0.5) is 17.2 Å². The van der Waals surface area contributed by atoms with Gasteiger partial charge in [-0.3, -0.25) is 0 Å². The monoisotopic (exact) mass is 413 g/mol. The minimum absolute atomic E-state index is 0.510. The van der Waals surface area contributed by atoms with E-state index in [1.807, 2.05) is 16.8 Å². The first-order valence-electron chi connectivity index (χ1n) is 10.8. The zero-order chi connectivity index (χ0) is 21.2. The smallest absolute Gasteiger partial charge is 0.180 e. The molecule has 0 radical (unpaired) electrons. The van der Waals surface area contributed by atoms with Crippen LogP contribution in [-0.4, -0.2) is 40.7 Å². The summed E-state index contributed by atoms with van der Waals surface area (Å²) in [7, 11) is 0. The van der Waals surface area contributed by atoms with Crippen LogP contribution in [0.2, 0.25) is 0 Å². The number of imidazole rings is 1. The van der Waals surface area contributed by atoms with Gasteiger partial charge >= 0.3 is 0 Å². The molecule has 4 aromatic rings. The van der Waals surface area contributed by atoms with Crippen LogP contribution in [-0.2, 0) is 4.74 Å². The summed E-state index contributed by atoms with van der Waals surface area (Å²) in [5.41, 5.74) is 6.33. The molecule has 6 nitrogen and oxygen atoms in total. The Morgan fingerprint density at radius 3 is 2.42 bits per heavy atom. The molecule has 5 rings (SSSR count). The molecule has 0 saturated carbocycles. The Labute approximate surface area is 182 Å². The van der Waals surface area contributed by atoms with Gasteiger partial charge in [0.1, 0.15) is 0 Å². The van der Waals surface area contributed by atoms with Crippen molar-refractivity contribution >= 4 is 22.8 Å². The predicted molar refractivity (Wildman–Crippen MR) is 125 cm³/mol. The van der Waals surface area contributed by atoms with Crippen molar-refractivity contribution in [1.29, 1.82) is 0 Å². The molecule has 1 N–H and O–H groups in total. The Morgan fingerprint density at radius 1 is 0.968 bits per heavy atom. The zero-order valence-electron chi connectivity index (χ0n) is 18.0. The van der Waals surface area contributed by atoms with Gasteiger partial charge in [-0.05, 0) is 35.7 Å². The molecule has 0 bridgehead atoms. The number of fused-ring (bicyclic) bond motifs is 1. The summed E-state index contributed by atoms with van der Waals surface area (Å²) in [6.45, 7) is 7.84. The van der Waals surface area contributed by atoms with Gasteiger partial charge in [0.05, 0.1) is 18.9 Å². The normalized spacial score (nSPS) is 14.4. The highest BCUT2D eigenvalue weighted by atomic mass is 16.5. The maximum atomic E-state index is 5.45. The van der Waals surface area contributed by atoms with Crippen molar-refractivity contribution < 1.29 is 4.74 Å². The Morgan fingerprint density at radius 2 is 1.71 bits per heavy atom. The fourth-order valence-electron chi connectivity index (χ4n) is 3.91. The number of morpholine rings is 1. The van der Waals surface area contributed by atoms with Crippen molar-refractivity contribution in [2.24, 2.45) is 0 Å². The van der Waals surface area contributed by atoms with Crippen molar-refractivity contribution in [3.63, 3.8) is 0 Å². The average molecular weight is 414 g/mol. The summed E-state index contributed by atoms with van der Waals surface area (Å²) in [5.74, 6) is 1.25. The summed E-state index contributed by atoms with van der Waals surface area (Å²) in [4.78, 5) is 11.7. The molecule has 1 fully saturated rings. The summed E-state index contributed by atoms with van der Waals surface area (Å²) < 4.78 is 7.47. The molecule has 1 aliphatic rings. The van der Waals surface area contributed by atoms with Gasteiger partial charge in [-0.2, -0.15) is 0 Å². The fourth-order valence-corrected chi connectivity index (χ4v) is 3.91. The van der Waals surface area contributed by atoms with Crippen LogP contribution in [0.25, 0.3) is 16.9 Å². The zero-order valence-corrected chi connectivity index (χ0v) is 18.0. The predicted octanol–water partition coefficient (Wildman–Crippen LogP) is 5.10.